The lowest BCUT2D eigenvalue weighted by atomic mass is 9.83. The van der Waals surface area contributed by atoms with Gasteiger partial charge in [0.05, 0.1) is 21.7 Å². The van der Waals surface area contributed by atoms with E-state index in [4.69, 9.17) is 16.3 Å². The highest BCUT2D eigenvalue weighted by Crippen LogP contribution is 2.49. The molecule has 2 aromatic carbocycles. The van der Waals surface area contributed by atoms with Crippen molar-refractivity contribution in [2.45, 2.75) is 54.9 Å². The molecule has 2 amide bonds. The molecule has 2 saturated carbocycles. The number of amides is 2. The van der Waals surface area contributed by atoms with E-state index in [-0.39, 0.29) is 51.2 Å². The van der Waals surface area contributed by atoms with Crippen molar-refractivity contribution in [2.24, 2.45) is 11.8 Å². The fraction of sp³-hybridized carbons (Fsp3) is 0.440. The molecule has 7 nitrogen and oxygen atoms in total. The maximum atomic E-state index is 13.7. The van der Waals surface area contributed by atoms with E-state index in [9.17, 15) is 26.8 Å². The maximum absolute atomic E-state index is 13.7. The number of benzene rings is 2. The standard InChI is InChI=1S/C25H25ClF2N2O5S/c1-13-12-30(25(32)35-13)23-14-2-3-15(23)9-18(8-14)36(33,34)22-10-16(4-6-19(22)26)24(31)29-17-5-7-20(27)21(28)11-17/h4-7,10-11,13-15,18,23H,2-3,8-9,12H2,1H3,(H,29,31)/t13-,14+,15?,18?,23?/m1/s1. The molecule has 3 unspecified atom stereocenters. The van der Waals surface area contributed by atoms with Crippen LogP contribution in [0.25, 0.3) is 0 Å². The SMILES string of the molecule is C[C@@H]1CN(C2C3CC[C@H]2CC(S(=O)(=O)c2cc(C(=O)Nc4ccc(F)c(F)c4)ccc2Cl)C3)C(=O)O1. The van der Waals surface area contributed by atoms with Crippen LogP contribution in [0.3, 0.4) is 0 Å². The van der Waals surface area contributed by atoms with Crippen molar-refractivity contribution in [2.75, 3.05) is 11.9 Å². The molecule has 1 aliphatic heterocycles. The summed E-state index contributed by atoms with van der Waals surface area (Å²) in [5.41, 5.74) is 0.0519. The monoisotopic (exact) mass is 538 g/mol. The number of rotatable bonds is 5. The lowest BCUT2D eigenvalue weighted by molar-refractivity contribution is 0.102. The fourth-order valence-corrected chi connectivity index (χ4v) is 8.33. The second kappa shape index (κ2) is 9.30. The minimum Gasteiger partial charge on any atom is -0.444 e. The summed E-state index contributed by atoms with van der Waals surface area (Å²) in [6, 6.07) is 6.84. The van der Waals surface area contributed by atoms with Gasteiger partial charge in [0.1, 0.15) is 6.10 Å². The number of anilines is 1. The fourth-order valence-electron chi connectivity index (χ4n) is 5.89. The van der Waals surface area contributed by atoms with Crippen molar-refractivity contribution in [1.29, 1.82) is 0 Å². The van der Waals surface area contributed by atoms with Gasteiger partial charge in [-0.1, -0.05) is 11.6 Å². The topological polar surface area (TPSA) is 92.8 Å². The van der Waals surface area contributed by atoms with E-state index in [0.717, 1.165) is 25.0 Å². The Morgan fingerprint density at radius 2 is 1.78 bits per heavy atom. The Balaban J connectivity index is 1.36. The first-order valence-electron chi connectivity index (χ1n) is 11.8. The molecule has 0 aromatic heterocycles. The average Bonchev–Trinajstić information content (AvgIpc) is 3.28. The summed E-state index contributed by atoms with van der Waals surface area (Å²) in [4.78, 5) is 26.6. The van der Waals surface area contributed by atoms with Crippen LogP contribution >= 0.6 is 11.6 Å². The molecule has 0 spiro atoms. The van der Waals surface area contributed by atoms with Gasteiger partial charge < -0.3 is 15.0 Å². The molecular weight excluding hydrogens is 514 g/mol. The normalized spacial score (nSPS) is 27.7. The predicted octanol–water partition coefficient (Wildman–Crippen LogP) is 5.04. The average molecular weight is 539 g/mol. The van der Waals surface area contributed by atoms with Crippen LogP contribution in [0.2, 0.25) is 5.02 Å². The number of fused-ring (bicyclic) bond motifs is 2. The highest BCUT2D eigenvalue weighted by atomic mass is 35.5. The van der Waals surface area contributed by atoms with Crippen LogP contribution in [-0.4, -0.2) is 49.3 Å². The van der Waals surface area contributed by atoms with Crippen molar-refractivity contribution in [3.8, 4) is 0 Å². The number of sulfone groups is 1. The van der Waals surface area contributed by atoms with Gasteiger partial charge in [0.15, 0.2) is 21.5 Å². The molecule has 5 atom stereocenters. The summed E-state index contributed by atoms with van der Waals surface area (Å²) in [6.07, 6.45) is 1.94. The van der Waals surface area contributed by atoms with Crippen molar-refractivity contribution in [3.05, 3.63) is 58.6 Å². The van der Waals surface area contributed by atoms with Gasteiger partial charge in [-0.25, -0.2) is 22.0 Å². The van der Waals surface area contributed by atoms with E-state index < -0.39 is 32.6 Å². The Labute approximate surface area is 212 Å². The van der Waals surface area contributed by atoms with Crippen LogP contribution in [0.4, 0.5) is 19.3 Å². The molecule has 3 fully saturated rings. The second-order valence-corrected chi connectivity index (χ2v) is 12.4. The second-order valence-electron chi connectivity index (χ2n) is 9.80. The number of carbonyl (C=O) groups is 2. The first-order chi connectivity index (χ1) is 17.0. The number of nitrogens with zero attached hydrogens (tertiary/aromatic N) is 1. The molecule has 3 aliphatic rings. The zero-order chi connectivity index (χ0) is 25.8. The number of hydrogen-bond donors (Lipinski definition) is 1. The van der Waals surface area contributed by atoms with Crippen molar-refractivity contribution in [1.82, 2.24) is 4.90 Å². The molecule has 2 aliphatic carbocycles. The summed E-state index contributed by atoms with van der Waals surface area (Å²) in [7, 11) is -3.89. The predicted molar refractivity (Wildman–Crippen MR) is 129 cm³/mol. The zero-order valence-electron chi connectivity index (χ0n) is 19.4. The molecule has 2 bridgehead atoms. The molecule has 36 heavy (non-hydrogen) atoms. The molecule has 0 radical (unpaired) electrons. The van der Waals surface area contributed by atoms with Gasteiger partial charge in [-0.2, -0.15) is 0 Å². The third kappa shape index (κ3) is 4.45. The summed E-state index contributed by atoms with van der Waals surface area (Å²) in [5, 5.41) is 1.75. The third-order valence-electron chi connectivity index (χ3n) is 7.47. The van der Waals surface area contributed by atoms with E-state index in [1.54, 1.807) is 4.90 Å². The molecule has 1 N–H and O–H groups in total. The Bertz CT molecular complexity index is 1320. The number of hydrogen-bond acceptors (Lipinski definition) is 5. The molecule has 11 heteroatoms. The van der Waals surface area contributed by atoms with Gasteiger partial charge in [0.2, 0.25) is 0 Å². The Hall–Kier alpha value is -2.72. The Kier molecular flexibility index (Phi) is 6.45. The van der Waals surface area contributed by atoms with Crippen LogP contribution in [0.5, 0.6) is 0 Å². The highest BCUT2D eigenvalue weighted by molar-refractivity contribution is 7.92. The quantitative estimate of drug-likeness (QED) is 0.575. The smallest absolute Gasteiger partial charge is 0.410 e. The summed E-state index contributed by atoms with van der Waals surface area (Å²) < 4.78 is 59.3. The van der Waals surface area contributed by atoms with E-state index in [0.29, 0.717) is 19.4 Å². The maximum Gasteiger partial charge on any atom is 0.410 e. The number of carbonyl (C=O) groups excluding carboxylic acids is 2. The Morgan fingerprint density at radius 1 is 1.08 bits per heavy atom. The van der Waals surface area contributed by atoms with Gasteiger partial charge in [-0.15, -0.1) is 0 Å². The molecule has 5 rings (SSSR count). The van der Waals surface area contributed by atoms with Crippen molar-refractivity contribution in [3.63, 3.8) is 0 Å². The summed E-state index contributed by atoms with van der Waals surface area (Å²) >= 11 is 6.29. The van der Waals surface area contributed by atoms with Gasteiger partial charge in [-0.3, -0.25) is 4.79 Å². The van der Waals surface area contributed by atoms with Crippen LogP contribution in [0, 0.1) is 23.5 Å². The van der Waals surface area contributed by atoms with E-state index in [2.05, 4.69) is 5.32 Å². The number of cyclic esters (lactones) is 1. The van der Waals surface area contributed by atoms with Crippen molar-refractivity contribution >= 4 is 39.1 Å². The zero-order valence-corrected chi connectivity index (χ0v) is 21.0. The van der Waals surface area contributed by atoms with Crippen LogP contribution in [0.1, 0.15) is 43.0 Å². The minimum absolute atomic E-state index is 0.00536. The molecule has 192 valence electrons. The lowest BCUT2D eigenvalue weighted by Gasteiger charge is -2.39. The van der Waals surface area contributed by atoms with Crippen LogP contribution in [0.15, 0.2) is 41.3 Å². The van der Waals surface area contributed by atoms with Gasteiger partial charge in [0, 0.05) is 23.4 Å². The number of nitrogens with one attached hydrogen (secondary N) is 1. The van der Waals surface area contributed by atoms with Gasteiger partial charge in [0.25, 0.3) is 5.91 Å². The first-order valence-corrected chi connectivity index (χ1v) is 13.7. The van der Waals surface area contributed by atoms with Gasteiger partial charge in [-0.05, 0) is 74.8 Å². The van der Waals surface area contributed by atoms with E-state index in [1.165, 1.54) is 24.3 Å². The largest absolute Gasteiger partial charge is 0.444 e. The van der Waals surface area contributed by atoms with Crippen molar-refractivity contribution < 1.29 is 31.5 Å². The number of halogens is 3. The van der Waals surface area contributed by atoms with E-state index in [1.807, 2.05) is 6.92 Å². The molecule has 1 heterocycles. The van der Waals surface area contributed by atoms with E-state index >= 15 is 0 Å². The Morgan fingerprint density at radius 3 is 2.39 bits per heavy atom. The summed E-state index contributed by atoms with van der Waals surface area (Å²) in [6.45, 7) is 2.35. The molecular formula is C25H25ClF2N2O5S. The van der Waals surface area contributed by atoms with Gasteiger partial charge >= 0.3 is 6.09 Å². The first kappa shape index (κ1) is 25.0. The minimum atomic E-state index is -3.89. The highest BCUT2D eigenvalue weighted by Gasteiger charge is 2.52. The van der Waals surface area contributed by atoms with Crippen LogP contribution in [-0.2, 0) is 14.6 Å². The summed E-state index contributed by atoms with van der Waals surface area (Å²) in [5.74, 6) is -2.76. The van der Waals surface area contributed by atoms with Crippen LogP contribution < -0.4 is 5.32 Å². The third-order valence-corrected chi connectivity index (χ3v) is 10.1. The molecule has 1 saturated heterocycles. The molecule has 2 aromatic rings. The number of ether oxygens (including phenoxy) is 1. The lowest BCUT2D eigenvalue weighted by Crippen LogP contribution is -2.48.